The highest BCUT2D eigenvalue weighted by atomic mass is 19.3. The second kappa shape index (κ2) is 14.0. The minimum absolute atomic E-state index is 0.0209. The number of guanidine groups is 1. The molecule has 1 unspecified atom stereocenters. The molecule has 0 amide bonds. The Morgan fingerprint density at radius 3 is 2.83 bits per heavy atom. The summed E-state index contributed by atoms with van der Waals surface area (Å²) in [7, 11) is 0. The maximum atomic E-state index is 12.5. The lowest BCUT2D eigenvalue weighted by molar-refractivity contribution is -0.0514. The fourth-order valence-corrected chi connectivity index (χ4v) is 3.00. The first-order valence-corrected chi connectivity index (χ1v) is 10.5. The van der Waals surface area contributed by atoms with Crippen molar-refractivity contribution in [3.05, 3.63) is 23.8 Å². The van der Waals surface area contributed by atoms with Gasteiger partial charge in [-0.15, -0.1) is 0 Å². The Morgan fingerprint density at radius 1 is 1.27 bits per heavy atom. The zero-order chi connectivity index (χ0) is 21.6. The van der Waals surface area contributed by atoms with Gasteiger partial charge in [-0.25, -0.2) is 4.99 Å². The van der Waals surface area contributed by atoms with Crippen molar-refractivity contribution >= 4 is 5.96 Å². The van der Waals surface area contributed by atoms with E-state index >= 15 is 0 Å². The van der Waals surface area contributed by atoms with Gasteiger partial charge in [0.25, 0.3) is 0 Å². The van der Waals surface area contributed by atoms with Crippen molar-refractivity contribution in [3.63, 3.8) is 0 Å². The standard InChI is InChI=1S/C21H33F2N3O4/c1-3-24-21(25-10-6-11-27-15-17-7-5-12-29-17)26-14-16-8-9-18(30-20(22)23)19(13-16)28-4-2/h8-9,13,17,20H,3-7,10-12,14-15H2,1-2H3,(H2,24,25,26). The minimum atomic E-state index is -2.90. The molecular formula is C21H33F2N3O4. The third kappa shape index (κ3) is 9.13. The lowest BCUT2D eigenvalue weighted by Crippen LogP contribution is -2.38. The predicted molar refractivity (Wildman–Crippen MR) is 111 cm³/mol. The summed E-state index contributed by atoms with van der Waals surface area (Å²) in [6.07, 6.45) is 3.29. The van der Waals surface area contributed by atoms with Crippen LogP contribution in [0.1, 0.15) is 38.7 Å². The van der Waals surface area contributed by atoms with Crippen molar-refractivity contribution in [1.29, 1.82) is 0 Å². The molecule has 0 bridgehead atoms. The van der Waals surface area contributed by atoms with E-state index in [0.717, 1.165) is 44.5 Å². The van der Waals surface area contributed by atoms with E-state index in [-0.39, 0.29) is 17.6 Å². The molecule has 1 aliphatic rings. The molecule has 2 N–H and O–H groups in total. The largest absolute Gasteiger partial charge is 0.490 e. The van der Waals surface area contributed by atoms with Crippen LogP contribution in [0.15, 0.2) is 23.2 Å². The lowest BCUT2D eigenvalue weighted by Gasteiger charge is -2.14. The van der Waals surface area contributed by atoms with Crippen LogP contribution in [0.2, 0.25) is 0 Å². The quantitative estimate of drug-likeness (QED) is 0.285. The van der Waals surface area contributed by atoms with Gasteiger partial charge in [0.15, 0.2) is 17.5 Å². The maximum Gasteiger partial charge on any atom is 0.387 e. The summed E-state index contributed by atoms with van der Waals surface area (Å²) >= 11 is 0. The van der Waals surface area contributed by atoms with Crippen LogP contribution >= 0.6 is 0 Å². The second-order valence-electron chi connectivity index (χ2n) is 6.78. The Labute approximate surface area is 177 Å². The van der Waals surface area contributed by atoms with Gasteiger partial charge in [0.1, 0.15) is 0 Å². The zero-order valence-corrected chi connectivity index (χ0v) is 17.8. The molecule has 1 fully saturated rings. The average Bonchev–Trinajstić information content (AvgIpc) is 3.23. The summed E-state index contributed by atoms with van der Waals surface area (Å²) < 4.78 is 46.1. The first-order chi connectivity index (χ1) is 14.6. The van der Waals surface area contributed by atoms with E-state index in [0.29, 0.717) is 32.3 Å². The minimum Gasteiger partial charge on any atom is -0.490 e. The molecule has 2 rings (SSSR count). The van der Waals surface area contributed by atoms with E-state index < -0.39 is 6.61 Å². The van der Waals surface area contributed by atoms with E-state index in [1.165, 1.54) is 6.07 Å². The molecule has 1 saturated heterocycles. The van der Waals surface area contributed by atoms with Crippen LogP contribution in [-0.4, -0.2) is 58.2 Å². The van der Waals surface area contributed by atoms with Gasteiger partial charge in [0.05, 0.1) is 25.9 Å². The van der Waals surface area contributed by atoms with Gasteiger partial charge in [0.2, 0.25) is 0 Å². The molecule has 1 aliphatic heterocycles. The van der Waals surface area contributed by atoms with E-state index in [9.17, 15) is 8.78 Å². The highest BCUT2D eigenvalue weighted by Gasteiger charge is 2.15. The Balaban J connectivity index is 1.80. The summed E-state index contributed by atoms with van der Waals surface area (Å²) in [5, 5.41) is 6.46. The van der Waals surface area contributed by atoms with Crippen molar-refractivity contribution in [3.8, 4) is 11.5 Å². The van der Waals surface area contributed by atoms with Crippen LogP contribution in [0.4, 0.5) is 8.78 Å². The predicted octanol–water partition coefficient (Wildman–Crippen LogP) is 3.33. The van der Waals surface area contributed by atoms with Crippen molar-refractivity contribution in [2.75, 3.05) is 39.5 Å². The number of aliphatic imine (C=N–C) groups is 1. The van der Waals surface area contributed by atoms with Gasteiger partial charge in [-0.2, -0.15) is 8.78 Å². The molecule has 1 heterocycles. The van der Waals surface area contributed by atoms with Crippen molar-refractivity contribution in [2.24, 2.45) is 4.99 Å². The van der Waals surface area contributed by atoms with E-state index in [4.69, 9.17) is 14.2 Å². The number of nitrogens with zero attached hydrogens (tertiary/aromatic N) is 1. The summed E-state index contributed by atoms with van der Waals surface area (Å²) in [5.74, 6) is 0.988. The molecular weight excluding hydrogens is 396 g/mol. The molecule has 30 heavy (non-hydrogen) atoms. The number of nitrogens with one attached hydrogen (secondary N) is 2. The Hall–Kier alpha value is -2.13. The molecule has 1 atom stereocenters. The van der Waals surface area contributed by atoms with E-state index in [1.54, 1.807) is 19.1 Å². The number of hydrogen-bond donors (Lipinski definition) is 2. The Bertz CT molecular complexity index is 641. The summed E-state index contributed by atoms with van der Waals surface area (Å²) in [5.41, 5.74) is 0.831. The van der Waals surface area contributed by atoms with Crippen LogP contribution < -0.4 is 20.1 Å². The smallest absolute Gasteiger partial charge is 0.387 e. The van der Waals surface area contributed by atoms with Gasteiger partial charge >= 0.3 is 6.61 Å². The number of ether oxygens (including phenoxy) is 4. The number of halogens is 2. The zero-order valence-electron chi connectivity index (χ0n) is 17.8. The summed E-state index contributed by atoms with van der Waals surface area (Å²) in [6, 6.07) is 4.85. The van der Waals surface area contributed by atoms with E-state index in [2.05, 4.69) is 20.4 Å². The van der Waals surface area contributed by atoms with Crippen LogP contribution in [0.25, 0.3) is 0 Å². The number of alkyl halides is 2. The van der Waals surface area contributed by atoms with Crippen molar-refractivity contribution < 1.29 is 27.7 Å². The van der Waals surface area contributed by atoms with Gasteiger partial charge in [-0.3, -0.25) is 0 Å². The van der Waals surface area contributed by atoms with Crippen LogP contribution in [0.5, 0.6) is 11.5 Å². The Kier molecular flexibility index (Phi) is 11.2. The van der Waals surface area contributed by atoms with E-state index in [1.807, 2.05) is 6.92 Å². The van der Waals surface area contributed by atoms with Gasteiger partial charge in [-0.05, 0) is 50.8 Å². The average molecular weight is 430 g/mol. The van der Waals surface area contributed by atoms with Crippen molar-refractivity contribution in [2.45, 2.75) is 52.4 Å². The molecule has 1 aromatic carbocycles. The van der Waals surface area contributed by atoms with Gasteiger partial charge in [0, 0.05) is 26.3 Å². The van der Waals surface area contributed by atoms with Gasteiger partial charge < -0.3 is 29.6 Å². The van der Waals surface area contributed by atoms with Gasteiger partial charge in [-0.1, -0.05) is 6.07 Å². The fourth-order valence-electron chi connectivity index (χ4n) is 3.00. The monoisotopic (exact) mass is 429 g/mol. The lowest BCUT2D eigenvalue weighted by atomic mass is 10.2. The SMILES string of the molecule is CCNC(=NCc1ccc(OC(F)F)c(OCC)c1)NCCCOCC1CCCO1. The molecule has 0 aliphatic carbocycles. The third-order valence-corrected chi connectivity index (χ3v) is 4.37. The van der Waals surface area contributed by atoms with Crippen LogP contribution in [0.3, 0.4) is 0 Å². The number of hydrogen-bond acceptors (Lipinski definition) is 5. The van der Waals surface area contributed by atoms with Crippen LogP contribution in [-0.2, 0) is 16.0 Å². The maximum absolute atomic E-state index is 12.5. The third-order valence-electron chi connectivity index (χ3n) is 4.37. The highest BCUT2D eigenvalue weighted by Crippen LogP contribution is 2.30. The normalized spacial score (nSPS) is 16.7. The Morgan fingerprint density at radius 2 is 2.13 bits per heavy atom. The first kappa shape index (κ1) is 24.1. The molecule has 7 nitrogen and oxygen atoms in total. The molecule has 0 spiro atoms. The molecule has 0 saturated carbocycles. The summed E-state index contributed by atoms with van der Waals surface area (Å²) in [4.78, 5) is 4.55. The van der Waals surface area contributed by atoms with Crippen molar-refractivity contribution in [1.82, 2.24) is 10.6 Å². The first-order valence-electron chi connectivity index (χ1n) is 10.5. The summed E-state index contributed by atoms with van der Waals surface area (Å²) in [6.45, 7) is 5.22. The topological polar surface area (TPSA) is 73.3 Å². The molecule has 0 aromatic heterocycles. The molecule has 9 heteroatoms. The second-order valence-corrected chi connectivity index (χ2v) is 6.78. The highest BCUT2D eigenvalue weighted by molar-refractivity contribution is 5.79. The molecule has 1 aromatic rings. The number of rotatable bonds is 13. The van der Waals surface area contributed by atoms with Crippen LogP contribution in [0, 0.1) is 0 Å². The number of benzene rings is 1. The molecule has 170 valence electrons. The molecule has 0 radical (unpaired) electrons. The fraction of sp³-hybridized carbons (Fsp3) is 0.667.